The normalized spacial score (nSPS) is 13.4. The molecule has 2 heterocycles. The Morgan fingerprint density at radius 2 is 2.30 bits per heavy atom. The van der Waals surface area contributed by atoms with Gasteiger partial charge in [-0.1, -0.05) is 13.0 Å². The van der Waals surface area contributed by atoms with Gasteiger partial charge >= 0.3 is 0 Å². The third-order valence-corrected chi connectivity index (χ3v) is 3.31. The molecule has 0 spiro atoms. The standard InChI is InChI=1S/C15H23N5/c1-4-12(2)18-15(16-3)17-9-8-13-11-20-10-6-5-7-14(20)19-13/h5-7,10-12H,4,8-9H2,1-3H3,(H2,16,17,18). The molecule has 2 rings (SSSR count). The van der Waals surface area contributed by atoms with E-state index in [2.05, 4.69) is 40.7 Å². The summed E-state index contributed by atoms with van der Waals surface area (Å²) in [6.45, 7) is 5.12. The van der Waals surface area contributed by atoms with Crippen molar-refractivity contribution >= 4 is 11.6 Å². The summed E-state index contributed by atoms with van der Waals surface area (Å²) >= 11 is 0. The van der Waals surface area contributed by atoms with Gasteiger partial charge in [0.05, 0.1) is 5.69 Å². The minimum Gasteiger partial charge on any atom is -0.356 e. The lowest BCUT2D eigenvalue weighted by atomic mass is 10.3. The number of hydrogen-bond donors (Lipinski definition) is 2. The minimum atomic E-state index is 0.427. The van der Waals surface area contributed by atoms with Crippen molar-refractivity contribution in [1.29, 1.82) is 0 Å². The molecular weight excluding hydrogens is 250 g/mol. The Balaban J connectivity index is 1.85. The van der Waals surface area contributed by atoms with Crippen molar-refractivity contribution in [3.05, 3.63) is 36.3 Å². The van der Waals surface area contributed by atoms with Gasteiger partial charge in [0.25, 0.3) is 0 Å². The van der Waals surface area contributed by atoms with Crippen LogP contribution in [0.1, 0.15) is 26.0 Å². The number of pyridine rings is 1. The molecular formula is C15H23N5. The van der Waals surface area contributed by atoms with Crippen LogP contribution >= 0.6 is 0 Å². The van der Waals surface area contributed by atoms with E-state index in [-0.39, 0.29) is 0 Å². The third kappa shape index (κ3) is 3.73. The van der Waals surface area contributed by atoms with Crippen molar-refractivity contribution in [3.8, 4) is 0 Å². The summed E-state index contributed by atoms with van der Waals surface area (Å²) in [6.07, 6.45) is 6.04. The van der Waals surface area contributed by atoms with Crippen LogP contribution < -0.4 is 10.6 Å². The number of fused-ring (bicyclic) bond motifs is 1. The number of guanidine groups is 1. The summed E-state index contributed by atoms with van der Waals surface area (Å²) in [7, 11) is 1.79. The fraction of sp³-hybridized carbons (Fsp3) is 0.467. The van der Waals surface area contributed by atoms with E-state index in [0.717, 1.165) is 36.7 Å². The minimum absolute atomic E-state index is 0.427. The topological polar surface area (TPSA) is 53.7 Å². The molecule has 5 heteroatoms. The second-order valence-electron chi connectivity index (χ2n) is 4.90. The van der Waals surface area contributed by atoms with Gasteiger partial charge in [0.2, 0.25) is 0 Å². The molecule has 0 saturated carbocycles. The molecule has 0 fully saturated rings. The van der Waals surface area contributed by atoms with Crippen LogP contribution in [0.25, 0.3) is 5.65 Å². The lowest BCUT2D eigenvalue weighted by Crippen LogP contribution is -2.42. The smallest absolute Gasteiger partial charge is 0.191 e. The number of nitrogens with zero attached hydrogens (tertiary/aromatic N) is 3. The average molecular weight is 273 g/mol. The average Bonchev–Trinajstić information content (AvgIpc) is 2.88. The predicted octanol–water partition coefficient (Wildman–Crippen LogP) is 1.84. The molecule has 0 aliphatic rings. The van der Waals surface area contributed by atoms with Crippen LogP contribution in [0.5, 0.6) is 0 Å². The van der Waals surface area contributed by atoms with Gasteiger partial charge in [0.1, 0.15) is 5.65 Å². The van der Waals surface area contributed by atoms with E-state index >= 15 is 0 Å². The molecule has 0 aromatic carbocycles. The summed E-state index contributed by atoms with van der Waals surface area (Å²) in [5, 5.41) is 6.66. The predicted molar refractivity (Wildman–Crippen MR) is 83.1 cm³/mol. The van der Waals surface area contributed by atoms with Crippen LogP contribution in [-0.4, -0.2) is 35.0 Å². The lowest BCUT2D eigenvalue weighted by molar-refractivity contribution is 0.624. The van der Waals surface area contributed by atoms with E-state index in [9.17, 15) is 0 Å². The quantitative estimate of drug-likeness (QED) is 0.645. The Hall–Kier alpha value is -2.04. The summed E-state index contributed by atoms with van der Waals surface area (Å²) in [5.41, 5.74) is 2.08. The highest BCUT2D eigenvalue weighted by atomic mass is 15.2. The maximum Gasteiger partial charge on any atom is 0.191 e. The largest absolute Gasteiger partial charge is 0.356 e. The molecule has 1 unspecified atom stereocenters. The molecule has 2 N–H and O–H groups in total. The Kier molecular flexibility index (Phi) is 4.98. The zero-order valence-corrected chi connectivity index (χ0v) is 12.4. The van der Waals surface area contributed by atoms with E-state index in [0.29, 0.717) is 6.04 Å². The lowest BCUT2D eigenvalue weighted by Gasteiger charge is -2.16. The van der Waals surface area contributed by atoms with Gasteiger partial charge in [0.15, 0.2) is 5.96 Å². The number of aromatic nitrogens is 2. The van der Waals surface area contributed by atoms with Gasteiger partial charge in [-0.3, -0.25) is 4.99 Å². The maximum absolute atomic E-state index is 4.58. The Morgan fingerprint density at radius 3 is 3.00 bits per heavy atom. The first kappa shape index (κ1) is 14.4. The van der Waals surface area contributed by atoms with Crippen LogP contribution in [0, 0.1) is 0 Å². The Bertz CT molecular complexity index is 539. The van der Waals surface area contributed by atoms with Crippen molar-refractivity contribution in [2.45, 2.75) is 32.7 Å². The van der Waals surface area contributed by atoms with Gasteiger partial charge in [0, 0.05) is 38.4 Å². The van der Waals surface area contributed by atoms with Crippen molar-refractivity contribution in [2.75, 3.05) is 13.6 Å². The second-order valence-corrected chi connectivity index (χ2v) is 4.90. The monoisotopic (exact) mass is 273 g/mol. The molecule has 0 aliphatic heterocycles. The van der Waals surface area contributed by atoms with Crippen LogP contribution in [0.4, 0.5) is 0 Å². The summed E-state index contributed by atoms with van der Waals surface area (Å²) in [5.74, 6) is 0.850. The molecule has 108 valence electrons. The van der Waals surface area contributed by atoms with Crippen LogP contribution in [0.2, 0.25) is 0 Å². The number of hydrogen-bond acceptors (Lipinski definition) is 2. The second kappa shape index (κ2) is 6.93. The van der Waals surface area contributed by atoms with Gasteiger partial charge in [-0.25, -0.2) is 4.98 Å². The van der Waals surface area contributed by atoms with Crippen LogP contribution in [-0.2, 0) is 6.42 Å². The third-order valence-electron chi connectivity index (χ3n) is 3.31. The molecule has 20 heavy (non-hydrogen) atoms. The number of rotatable bonds is 5. The molecule has 0 saturated heterocycles. The molecule has 1 atom stereocenters. The first-order valence-corrected chi connectivity index (χ1v) is 7.12. The van der Waals surface area contributed by atoms with Crippen molar-refractivity contribution in [2.24, 2.45) is 4.99 Å². The fourth-order valence-corrected chi connectivity index (χ4v) is 1.95. The number of nitrogens with one attached hydrogen (secondary N) is 2. The molecule has 0 amide bonds. The Labute approximate surface area is 120 Å². The van der Waals surface area contributed by atoms with E-state index < -0.39 is 0 Å². The molecule has 2 aromatic heterocycles. The zero-order chi connectivity index (χ0) is 14.4. The number of aliphatic imine (C=N–C) groups is 1. The highest BCUT2D eigenvalue weighted by Crippen LogP contribution is 2.04. The molecule has 0 radical (unpaired) electrons. The fourth-order valence-electron chi connectivity index (χ4n) is 1.95. The van der Waals surface area contributed by atoms with E-state index in [4.69, 9.17) is 0 Å². The van der Waals surface area contributed by atoms with Gasteiger partial charge < -0.3 is 15.0 Å². The summed E-state index contributed by atoms with van der Waals surface area (Å²) in [4.78, 5) is 8.79. The van der Waals surface area contributed by atoms with Gasteiger partial charge in [-0.2, -0.15) is 0 Å². The molecule has 2 aromatic rings. The zero-order valence-electron chi connectivity index (χ0n) is 12.4. The summed E-state index contributed by atoms with van der Waals surface area (Å²) < 4.78 is 2.04. The van der Waals surface area contributed by atoms with Crippen LogP contribution in [0.3, 0.4) is 0 Å². The van der Waals surface area contributed by atoms with Crippen molar-refractivity contribution < 1.29 is 0 Å². The van der Waals surface area contributed by atoms with E-state index in [1.807, 2.05) is 28.8 Å². The maximum atomic E-state index is 4.58. The molecule has 0 bridgehead atoms. The van der Waals surface area contributed by atoms with Crippen LogP contribution in [0.15, 0.2) is 35.6 Å². The first-order chi connectivity index (χ1) is 9.72. The van der Waals surface area contributed by atoms with E-state index in [1.165, 1.54) is 0 Å². The van der Waals surface area contributed by atoms with Crippen molar-refractivity contribution in [1.82, 2.24) is 20.0 Å². The molecule has 5 nitrogen and oxygen atoms in total. The SMILES string of the molecule is CCC(C)NC(=NC)NCCc1cn2ccccc2n1. The van der Waals surface area contributed by atoms with Crippen molar-refractivity contribution in [3.63, 3.8) is 0 Å². The molecule has 0 aliphatic carbocycles. The summed E-state index contributed by atoms with van der Waals surface area (Å²) in [6, 6.07) is 6.45. The Morgan fingerprint density at radius 1 is 1.45 bits per heavy atom. The number of imidazole rings is 1. The first-order valence-electron chi connectivity index (χ1n) is 7.12. The van der Waals surface area contributed by atoms with Gasteiger partial charge in [-0.15, -0.1) is 0 Å². The van der Waals surface area contributed by atoms with Gasteiger partial charge in [-0.05, 0) is 25.5 Å². The highest BCUT2D eigenvalue weighted by Gasteiger charge is 2.04. The van der Waals surface area contributed by atoms with E-state index in [1.54, 1.807) is 7.05 Å². The highest BCUT2D eigenvalue weighted by molar-refractivity contribution is 5.79.